The smallest absolute Gasteiger partial charge is 0.254 e. The molecule has 0 N–H and O–H groups in total. The Morgan fingerprint density at radius 1 is 1.41 bits per heavy atom. The van der Waals surface area contributed by atoms with E-state index in [0.717, 1.165) is 10.9 Å². The highest BCUT2D eigenvalue weighted by Crippen LogP contribution is 2.21. The summed E-state index contributed by atoms with van der Waals surface area (Å²) in [6.45, 7) is 5.95. The number of carbonyl (C=O) groups excluding carboxylic acids is 1. The second kappa shape index (κ2) is 5.40. The molecule has 1 amide bonds. The van der Waals surface area contributed by atoms with Crippen LogP contribution in [-0.2, 0) is 0 Å². The summed E-state index contributed by atoms with van der Waals surface area (Å²) < 4.78 is 0. The lowest BCUT2D eigenvalue weighted by Gasteiger charge is -2.34. The Morgan fingerprint density at radius 3 is 2.47 bits per heavy atom. The number of halogens is 2. The van der Waals surface area contributed by atoms with Gasteiger partial charge in [-0.15, -0.1) is 0 Å². The Labute approximate surface area is 116 Å². The number of nitrogens with zero attached hydrogens (tertiary/aromatic N) is 1. The topological polar surface area (TPSA) is 20.3 Å². The second-order valence-electron chi connectivity index (χ2n) is 4.83. The molecule has 0 bridgehead atoms. The van der Waals surface area contributed by atoms with E-state index in [1.165, 1.54) is 0 Å². The Kier molecular flexibility index (Phi) is 4.62. The highest BCUT2D eigenvalue weighted by atomic mass is 79.9. The average Bonchev–Trinajstić information content (AvgIpc) is 2.25. The molecule has 0 aliphatic heterocycles. The molecule has 17 heavy (non-hydrogen) atoms. The van der Waals surface area contributed by atoms with Gasteiger partial charge in [0.05, 0.1) is 0 Å². The van der Waals surface area contributed by atoms with Gasteiger partial charge in [-0.3, -0.25) is 4.79 Å². The molecule has 0 aromatic heterocycles. The van der Waals surface area contributed by atoms with Gasteiger partial charge in [-0.05, 0) is 44.5 Å². The van der Waals surface area contributed by atoms with Crippen molar-refractivity contribution in [3.8, 4) is 0 Å². The molecule has 0 aliphatic carbocycles. The summed E-state index contributed by atoms with van der Waals surface area (Å²) in [5.74, 6) is -0.0138. The maximum absolute atomic E-state index is 12.3. The first-order valence-electron chi connectivity index (χ1n) is 5.39. The van der Waals surface area contributed by atoms with Gasteiger partial charge in [-0.2, -0.15) is 0 Å². The van der Waals surface area contributed by atoms with Gasteiger partial charge < -0.3 is 4.90 Å². The summed E-state index contributed by atoms with van der Waals surface area (Å²) in [5, 5.41) is 1.32. The number of hydrogen-bond donors (Lipinski definition) is 0. The molecule has 0 saturated carbocycles. The van der Waals surface area contributed by atoms with E-state index in [0.29, 0.717) is 10.6 Å². The summed E-state index contributed by atoms with van der Waals surface area (Å²) in [6, 6.07) is 5.40. The van der Waals surface area contributed by atoms with E-state index >= 15 is 0 Å². The monoisotopic (exact) mass is 317 g/mol. The van der Waals surface area contributed by atoms with Crippen molar-refractivity contribution >= 4 is 33.4 Å². The Hall–Kier alpha value is -0.540. The largest absolute Gasteiger partial charge is 0.336 e. The van der Waals surface area contributed by atoms with E-state index < -0.39 is 0 Å². The van der Waals surface area contributed by atoms with Crippen LogP contribution in [0.25, 0.3) is 0 Å². The number of rotatable bonds is 3. The predicted molar refractivity (Wildman–Crippen MR) is 76.2 cm³/mol. The van der Waals surface area contributed by atoms with Crippen molar-refractivity contribution in [2.45, 2.75) is 26.3 Å². The second-order valence-corrected chi connectivity index (χ2v) is 5.82. The van der Waals surface area contributed by atoms with Crippen molar-refractivity contribution < 1.29 is 4.79 Å². The number of alkyl halides is 1. The van der Waals surface area contributed by atoms with E-state index in [2.05, 4.69) is 15.9 Å². The zero-order valence-electron chi connectivity index (χ0n) is 10.6. The summed E-state index contributed by atoms with van der Waals surface area (Å²) >= 11 is 9.39. The number of benzene rings is 1. The first-order valence-corrected chi connectivity index (χ1v) is 6.89. The standard InChI is InChI=1S/C13H17BrClNO/c1-9-5-10(7-11(15)6-9)12(17)16(4)13(2,3)8-14/h5-7H,8H2,1-4H3. The molecule has 2 nitrogen and oxygen atoms in total. The van der Waals surface area contributed by atoms with Crippen molar-refractivity contribution in [3.05, 3.63) is 34.3 Å². The van der Waals surface area contributed by atoms with Crippen molar-refractivity contribution in [2.75, 3.05) is 12.4 Å². The highest BCUT2D eigenvalue weighted by Gasteiger charge is 2.27. The van der Waals surface area contributed by atoms with E-state index in [1.807, 2.05) is 32.9 Å². The molecule has 0 unspecified atom stereocenters. The normalized spacial score (nSPS) is 11.4. The fourth-order valence-corrected chi connectivity index (χ4v) is 2.08. The lowest BCUT2D eigenvalue weighted by Crippen LogP contribution is -2.46. The van der Waals surface area contributed by atoms with Crippen LogP contribution in [0.3, 0.4) is 0 Å². The van der Waals surface area contributed by atoms with Gasteiger partial charge in [0, 0.05) is 28.5 Å². The molecule has 0 heterocycles. The first kappa shape index (κ1) is 14.5. The van der Waals surface area contributed by atoms with E-state index in [9.17, 15) is 4.79 Å². The number of carbonyl (C=O) groups is 1. The van der Waals surface area contributed by atoms with Gasteiger partial charge in [-0.25, -0.2) is 0 Å². The van der Waals surface area contributed by atoms with Crippen LogP contribution in [0.5, 0.6) is 0 Å². The molecule has 0 radical (unpaired) electrons. The molecule has 1 aromatic carbocycles. The van der Waals surface area contributed by atoms with Crippen molar-refractivity contribution in [1.82, 2.24) is 4.90 Å². The van der Waals surface area contributed by atoms with Gasteiger partial charge in [-0.1, -0.05) is 27.5 Å². The van der Waals surface area contributed by atoms with Crippen LogP contribution in [0.15, 0.2) is 18.2 Å². The maximum Gasteiger partial charge on any atom is 0.254 e. The van der Waals surface area contributed by atoms with Crippen molar-refractivity contribution in [1.29, 1.82) is 0 Å². The van der Waals surface area contributed by atoms with Gasteiger partial charge in [0.2, 0.25) is 0 Å². The van der Waals surface area contributed by atoms with Gasteiger partial charge in [0.15, 0.2) is 0 Å². The molecule has 0 fully saturated rings. The molecular weight excluding hydrogens is 302 g/mol. The highest BCUT2D eigenvalue weighted by molar-refractivity contribution is 9.09. The Bertz CT molecular complexity index is 411. The van der Waals surface area contributed by atoms with Gasteiger partial charge in [0.25, 0.3) is 5.91 Å². The van der Waals surface area contributed by atoms with Crippen LogP contribution < -0.4 is 0 Å². The molecule has 1 rings (SSSR count). The predicted octanol–water partition coefficient (Wildman–Crippen LogP) is 3.89. The molecule has 94 valence electrons. The molecule has 0 spiro atoms. The minimum Gasteiger partial charge on any atom is -0.336 e. The average molecular weight is 319 g/mol. The summed E-state index contributed by atoms with van der Waals surface area (Å²) in [5.41, 5.74) is 1.39. The zero-order chi connectivity index (χ0) is 13.2. The molecule has 0 atom stereocenters. The Balaban J connectivity index is 3.04. The minimum absolute atomic E-state index is 0.0138. The lowest BCUT2D eigenvalue weighted by molar-refractivity contribution is 0.0663. The Morgan fingerprint density at radius 2 is 2.00 bits per heavy atom. The minimum atomic E-state index is -0.229. The summed E-state index contributed by atoms with van der Waals surface area (Å²) in [7, 11) is 1.81. The third-order valence-electron chi connectivity index (χ3n) is 2.83. The number of aryl methyl sites for hydroxylation is 1. The van der Waals surface area contributed by atoms with Crippen LogP contribution >= 0.6 is 27.5 Å². The fourth-order valence-electron chi connectivity index (χ4n) is 1.42. The summed E-state index contributed by atoms with van der Waals surface area (Å²) in [4.78, 5) is 14.0. The molecule has 0 saturated heterocycles. The van der Waals surface area contributed by atoms with Gasteiger partial charge >= 0.3 is 0 Å². The van der Waals surface area contributed by atoms with Crippen LogP contribution in [0.4, 0.5) is 0 Å². The number of hydrogen-bond acceptors (Lipinski definition) is 1. The summed E-state index contributed by atoms with van der Waals surface area (Å²) in [6.07, 6.45) is 0. The lowest BCUT2D eigenvalue weighted by atomic mass is 10.0. The molecule has 0 aliphatic rings. The van der Waals surface area contributed by atoms with E-state index in [4.69, 9.17) is 11.6 Å². The molecular formula is C13H17BrClNO. The van der Waals surface area contributed by atoms with E-state index in [1.54, 1.807) is 18.0 Å². The fraction of sp³-hybridized carbons (Fsp3) is 0.462. The van der Waals surface area contributed by atoms with Gasteiger partial charge in [0.1, 0.15) is 0 Å². The molecule has 1 aromatic rings. The van der Waals surface area contributed by atoms with Crippen molar-refractivity contribution in [2.24, 2.45) is 0 Å². The SMILES string of the molecule is Cc1cc(Cl)cc(C(=O)N(C)C(C)(C)CBr)c1. The van der Waals surface area contributed by atoms with Crippen LogP contribution in [0, 0.1) is 6.92 Å². The number of amides is 1. The third kappa shape index (κ3) is 3.46. The van der Waals surface area contributed by atoms with Crippen molar-refractivity contribution in [3.63, 3.8) is 0 Å². The van der Waals surface area contributed by atoms with Crippen LogP contribution in [0.2, 0.25) is 5.02 Å². The first-order chi connectivity index (χ1) is 7.77. The quantitative estimate of drug-likeness (QED) is 0.774. The third-order valence-corrected chi connectivity index (χ3v) is 4.42. The van der Waals surface area contributed by atoms with Crippen LogP contribution in [0.1, 0.15) is 29.8 Å². The maximum atomic E-state index is 12.3. The molecule has 4 heteroatoms. The van der Waals surface area contributed by atoms with E-state index in [-0.39, 0.29) is 11.4 Å². The zero-order valence-corrected chi connectivity index (χ0v) is 12.9. The van der Waals surface area contributed by atoms with Crippen LogP contribution in [-0.4, -0.2) is 28.7 Å².